The summed E-state index contributed by atoms with van der Waals surface area (Å²) in [6, 6.07) is 8.13. The molecule has 1 fully saturated rings. The molecular weight excluding hydrogens is 362 g/mol. The van der Waals surface area contributed by atoms with Crippen molar-refractivity contribution in [2.75, 3.05) is 10.6 Å². The molecular formula is C18H21N7OS. The van der Waals surface area contributed by atoms with Gasteiger partial charge in [0.05, 0.1) is 0 Å². The number of carbonyl (C=O) groups is 1. The quantitative estimate of drug-likeness (QED) is 0.532. The fraction of sp³-hybridized carbons (Fsp3) is 0.333. The van der Waals surface area contributed by atoms with Gasteiger partial charge in [0.2, 0.25) is 5.95 Å². The Labute approximate surface area is 160 Å². The van der Waals surface area contributed by atoms with E-state index in [2.05, 4.69) is 31.9 Å². The molecule has 1 aliphatic rings. The molecule has 9 heteroatoms. The summed E-state index contributed by atoms with van der Waals surface area (Å²) in [5, 5.41) is 17.6. The number of nitrogens with one attached hydrogen (secondary N) is 2. The molecule has 1 saturated carbocycles. The van der Waals surface area contributed by atoms with Gasteiger partial charge in [0.15, 0.2) is 11.5 Å². The maximum absolute atomic E-state index is 11.7. The van der Waals surface area contributed by atoms with E-state index in [1.165, 1.54) is 0 Å². The molecule has 2 atom stereocenters. The monoisotopic (exact) mass is 383 g/mol. The maximum atomic E-state index is 11.7. The summed E-state index contributed by atoms with van der Waals surface area (Å²) in [6.45, 7) is 0. The second-order valence-electron chi connectivity index (χ2n) is 6.69. The normalized spacial score (nSPS) is 19.7. The number of hydrogen-bond donors (Lipinski definition) is 4. The summed E-state index contributed by atoms with van der Waals surface area (Å²) >= 11 is 1.64. The van der Waals surface area contributed by atoms with E-state index >= 15 is 0 Å². The number of amides is 1. The van der Waals surface area contributed by atoms with Crippen molar-refractivity contribution in [3.05, 3.63) is 35.3 Å². The summed E-state index contributed by atoms with van der Waals surface area (Å²) in [4.78, 5) is 16.2. The van der Waals surface area contributed by atoms with Crippen LogP contribution in [0.5, 0.6) is 0 Å². The predicted octanol–water partition coefficient (Wildman–Crippen LogP) is 2.61. The molecule has 0 bridgehead atoms. The summed E-state index contributed by atoms with van der Waals surface area (Å²) < 4.78 is 1.13. The van der Waals surface area contributed by atoms with Gasteiger partial charge in [0, 0.05) is 22.5 Å². The van der Waals surface area contributed by atoms with Crippen LogP contribution in [0, 0.1) is 0 Å². The Balaban J connectivity index is 1.61. The van der Waals surface area contributed by atoms with Crippen molar-refractivity contribution in [3.63, 3.8) is 0 Å². The number of rotatable bonds is 5. The molecule has 0 saturated heterocycles. The van der Waals surface area contributed by atoms with Crippen LogP contribution in [-0.4, -0.2) is 33.2 Å². The highest BCUT2D eigenvalue weighted by Crippen LogP contribution is 2.27. The van der Waals surface area contributed by atoms with Crippen molar-refractivity contribution in [1.82, 2.24) is 15.2 Å². The zero-order valence-electron chi connectivity index (χ0n) is 14.7. The van der Waals surface area contributed by atoms with Crippen molar-refractivity contribution in [3.8, 4) is 0 Å². The van der Waals surface area contributed by atoms with Gasteiger partial charge < -0.3 is 22.1 Å². The minimum Gasteiger partial charge on any atom is -0.364 e. The number of aromatic nitrogens is 3. The van der Waals surface area contributed by atoms with Crippen molar-refractivity contribution < 1.29 is 4.79 Å². The van der Waals surface area contributed by atoms with Gasteiger partial charge in [-0.15, -0.1) is 21.5 Å². The molecule has 1 aliphatic carbocycles. The second-order valence-corrected chi connectivity index (χ2v) is 7.64. The number of benzene rings is 1. The van der Waals surface area contributed by atoms with E-state index < -0.39 is 5.91 Å². The summed E-state index contributed by atoms with van der Waals surface area (Å²) in [7, 11) is 0. The lowest BCUT2D eigenvalue weighted by Crippen LogP contribution is -2.43. The zero-order valence-corrected chi connectivity index (χ0v) is 15.5. The number of thiophene rings is 1. The fourth-order valence-electron chi connectivity index (χ4n) is 3.31. The smallest absolute Gasteiger partial charge is 0.273 e. The minimum absolute atomic E-state index is 0.000214. The number of nitrogens with zero attached hydrogens (tertiary/aromatic N) is 3. The van der Waals surface area contributed by atoms with E-state index in [1.807, 2.05) is 23.6 Å². The molecule has 2 heterocycles. The largest absolute Gasteiger partial charge is 0.364 e. The first-order valence-corrected chi connectivity index (χ1v) is 9.79. The van der Waals surface area contributed by atoms with Gasteiger partial charge in [-0.2, -0.15) is 4.98 Å². The van der Waals surface area contributed by atoms with Crippen molar-refractivity contribution in [2.45, 2.75) is 37.8 Å². The Morgan fingerprint density at radius 3 is 2.85 bits per heavy atom. The van der Waals surface area contributed by atoms with Crippen LogP contribution in [-0.2, 0) is 0 Å². The molecule has 0 unspecified atom stereocenters. The van der Waals surface area contributed by atoms with Crippen molar-refractivity contribution in [1.29, 1.82) is 0 Å². The van der Waals surface area contributed by atoms with E-state index in [1.54, 1.807) is 11.3 Å². The number of hydrogen-bond acceptors (Lipinski definition) is 8. The Kier molecular flexibility index (Phi) is 4.87. The Morgan fingerprint density at radius 1 is 1.19 bits per heavy atom. The van der Waals surface area contributed by atoms with Crippen LogP contribution >= 0.6 is 11.3 Å². The highest BCUT2D eigenvalue weighted by Gasteiger charge is 2.23. The molecule has 2 aromatic heterocycles. The van der Waals surface area contributed by atoms with Crippen LogP contribution in [0.2, 0.25) is 0 Å². The predicted molar refractivity (Wildman–Crippen MR) is 107 cm³/mol. The first-order chi connectivity index (χ1) is 13.1. The maximum Gasteiger partial charge on any atom is 0.273 e. The number of primary amides is 1. The third kappa shape index (κ3) is 3.83. The van der Waals surface area contributed by atoms with Crippen molar-refractivity contribution in [2.24, 2.45) is 11.5 Å². The van der Waals surface area contributed by atoms with Crippen molar-refractivity contribution >= 4 is 44.8 Å². The molecule has 6 N–H and O–H groups in total. The molecule has 8 nitrogen and oxygen atoms in total. The molecule has 140 valence electrons. The molecule has 0 aliphatic heterocycles. The first kappa shape index (κ1) is 17.6. The molecule has 0 spiro atoms. The van der Waals surface area contributed by atoms with Gasteiger partial charge in [0.1, 0.15) is 0 Å². The Bertz CT molecular complexity index is 973. The van der Waals surface area contributed by atoms with Crippen LogP contribution < -0.4 is 22.1 Å². The average molecular weight is 383 g/mol. The Hall–Kier alpha value is -2.78. The number of carbonyl (C=O) groups excluding carboxylic acids is 1. The minimum atomic E-state index is -0.685. The summed E-state index contributed by atoms with van der Waals surface area (Å²) in [5.41, 5.74) is 12.4. The lowest BCUT2D eigenvalue weighted by atomic mass is 9.91. The lowest BCUT2D eigenvalue weighted by Gasteiger charge is -2.29. The average Bonchev–Trinajstić information content (AvgIpc) is 3.11. The third-order valence-electron chi connectivity index (χ3n) is 4.77. The van der Waals surface area contributed by atoms with Gasteiger partial charge in [-0.25, -0.2) is 0 Å². The zero-order chi connectivity index (χ0) is 18.8. The van der Waals surface area contributed by atoms with E-state index in [0.29, 0.717) is 5.95 Å². The van der Waals surface area contributed by atoms with Crippen LogP contribution in [0.25, 0.3) is 10.1 Å². The van der Waals surface area contributed by atoms with E-state index in [0.717, 1.165) is 41.5 Å². The number of nitrogens with two attached hydrogens (primary N) is 2. The highest BCUT2D eigenvalue weighted by molar-refractivity contribution is 7.17. The number of anilines is 3. The van der Waals surface area contributed by atoms with Crippen LogP contribution in [0.15, 0.2) is 29.6 Å². The second kappa shape index (κ2) is 7.45. The fourth-order valence-corrected chi connectivity index (χ4v) is 4.14. The molecule has 3 aromatic rings. The first-order valence-electron chi connectivity index (χ1n) is 8.91. The van der Waals surface area contributed by atoms with Gasteiger partial charge in [-0.1, -0.05) is 18.9 Å². The SMILES string of the molecule is NC(=O)c1nnc(N[C@@H]2CCCC[C@@H]2N)nc1Nc1ccc2ccsc2c1. The van der Waals surface area contributed by atoms with Gasteiger partial charge in [-0.05, 0) is 41.8 Å². The lowest BCUT2D eigenvalue weighted by molar-refractivity contribution is 0.0995. The number of fused-ring (bicyclic) bond motifs is 1. The standard InChI is InChI=1S/C18H21N7OS/c19-12-3-1-2-4-13(12)22-18-23-17(15(16(20)26)24-25-18)21-11-6-5-10-7-8-27-14(10)9-11/h5-9,12-13H,1-4,19H2,(H2,20,26)(H2,21,22,23,25)/t12-,13+/m0/s1. The van der Waals surface area contributed by atoms with Gasteiger partial charge in [-0.3, -0.25) is 4.79 Å². The third-order valence-corrected chi connectivity index (χ3v) is 5.65. The molecule has 4 rings (SSSR count). The molecule has 27 heavy (non-hydrogen) atoms. The van der Waals surface area contributed by atoms with E-state index in [-0.39, 0.29) is 23.6 Å². The van der Waals surface area contributed by atoms with Crippen LogP contribution in [0.3, 0.4) is 0 Å². The summed E-state index contributed by atoms with van der Waals surface area (Å²) in [6.07, 6.45) is 4.18. The topological polar surface area (TPSA) is 132 Å². The van der Waals surface area contributed by atoms with E-state index in [9.17, 15) is 4.79 Å². The molecule has 1 aromatic carbocycles. The molecule has 1 amide bonds. The van der Waals surface area contributed by atoms with Crippen LogP contribution in [0.4, 0.5) is 17.5 Å². The van der Waals surface area contributed by atoms with Gasteiger partial charge >= 0.3 is 0 Å². The Morgan fingerprint density at radius 2 is 2.04 bits per heavy atom. The summed E-state index contributed by atoms with van der Waals surface area (Å²) in [5.74, 6) is -0.0713. The van der Waals surface area contributed by atoms with Crippen LogP contribution in [0.1, 0.15) is 36.2 Å². The van der Waals surface area contributed by atoms with Gasteiger partial charge in [0.25, 0.3) is 5.91 Å². The highest BCUT2D eigenvalue weighted by atomic mass is 32.1. The molecule has 0 radical (unpaired) electrons. The van der Waals surface area contributed by atoms with E-state index in [4.69, 9.17) is 11.5 Å².